The SMILES string of the molecule is CCOC(=O)c1c(CSc2nc3ccccc3s2)n(C)c2cc(Br)c(OC)cc12. The molecule has 0 bridgehead atoms. The van der Waals surface area contributed by atoms with Gasteiger partial charge in [-0.1, -0.05) is 23.9 Å². The van der Waals surface area contributed by atoms with Gasteiger partial charge in [-0.2, -0.15) is 0 Å². The van der Waals surface area contributed by atoms with Crippen LogP contribution in [0.15, 0.2) is 45.2 Å². The van der Waals surface area contributed by atoms with Crippen LogP contribution in [0.4, 0.5) is 0 Å². The first-order valence-electron chi connectivity index (χ1n) is 9.03. The van der Waals surface area contributed by atoms with Crippen molar-refractivity contribution < 1.29 is 14.3 Å². The lowest BCUT2D eigenvalue weighted by molar-refractivity contribution is 0.0527. The molecule has 0 saturated heterocycles. The van der Waals surface area contributed by atoms with Crippen LogP contribution >= 0.6 is 39.0 Å². The molecule has 0 atom stereocenters. The lowest BCUT2D eigenvalue weighted by Gasteiger charge is -2.06. The number of aryl methyl sites for hydroxylation is 1. The van der Waals surface area contributed by atoms with E-state index in [4.69, 9.17) is 14.5 Å². The number of thiazole rings is 1. The quantitative estimate of drug-likeness (QED) is 0.244. The van der Waals surface area contributed by atoms with Gasteiger partial charge in [-0.15, -0.1) is 11.3 Å². The summed E-state index contributed by atoms with van der Waals surface area (Å²) >= 11 is 6.83. The number of carbonyl (C=O) groups excluding carboxylic acids is 1. The summed E-state index contributed by atoms with van der Waals surface area (Å²) in [7, 11) is 3.58. The van der Waals surface area contributed by atoms with E-state index in [-0.39, 0.29) is 5.97 Å². The molecule has 0 spiro atoms. The van der Waals surface area contributed by atoms with Crippen molar-refractivity contribution in [2.24, 2.45) is 7.05 Å². The van der Waals surface area contributed by atoms with E-state index >= 15 is 0 Å². The number of esters is 1. The van der Waals surface area contributed by atoms with Gasteiger partial charge in [0.05, 0.1) is 39.5 Å². The number of nitrogens with zero attached hydrogens (tertiary/aromatic N) is 2. The van der Waals surface area contributed by atoms with Gasteiger partial charge in [-0.05, 0) is 47.1 Å². The summed E-state index contributed by atoms with van der Waals surface area (Å²) in [5.74, 6) is 0.973. The number of ether oxygens (including phenoxy) is 2. The number of para-hydroxylation sites is 1. The van der Waals surface area contributed by atoms with Crippen molar-refractivity contribution in [3.05, 3.63) is 52.1 Å². The number of hydrogen-bond acceptors (Lipinski definition) is 6. The van der Waals surface area contributed by atoms with Crippen LogP contribution < -0.4 is 4.74 Å². The van der Waals surface area contributed by atoms with Gasteiger partial charge < -0.3 is 14.0 Å². The van der Waals surface area contributed by atoms with E-state index < -0.39 is 0 Å². The van der Waals surface area contributed by atoms with Gasteiger partial charge in [0.1, 0.15) is 5.75 Å². The third kappa shape index (κ3) is 3.76. The molecule has 0 fully saturated rings. The molecule has 4 rings (SSSR count). The Kier molecular flexibility index (Phi) is 5.85. The molecule has 0 radical (unpaired) electrons. The smallest absolute Gasteiger partial charge is 0.340 e. The summed E-state index contributed by atoms with van der Waals surface area (Å²) in [5, 5.41) is 0.825. The van der Waals surface area contributed by atoms with Crippen LogP contribution in [0.3, 0.4) is 0 Å². The van der Waals surface area contributed by atoms with E-state index in [1.165, 1.54) is 0 Å². The highest BCUT2D eigenvalue weighted by atomic mass is 79.9. The largest absolute Gasteiger partial charge is 0.496 e. The molecule has 0 N–H and O–H groups in total. The first-order valence-corrected chi connectivity index (χ1v) is 11.6. The highest BCUT2D eigenvalue weighted by Crippen LogP contribution is 2.38. The van der Waals surface area contributed by atoms with E-state index in [9.17, 15) is 4.79 Å². The van der Waals surface area contributed by atoms with Crippen LogP contribution in [0, 0.1) is 0 Å². The Balaban J connectivity index is 1.77. The minimum atomic E-state index is -0.317. The summed E-state index contributed by atoms with van der Waals surface area (Å²) in [4.78, 5) is 17.5. The zero-order chi connectivity index (χ0) is 20.5. The van der Waals surface area contributed by atoms with Gasteiger partial charge >= 0.3 is 5.97 Å². The Labute approximate surface area is 185 Å². The molecule has 0 unspecified atom stereocenters. The Morgan fingerprint density at radius 3 is 2.83 bits per heavy atom. The number of hydrogen-bond donors (Lipinski definition) is 0. The topological polar surface area (TPSA) is 53.3 Å². The predicted molar refractivity (Wildman–Crippen MR) is 122 cm³/mol. The molecule has 2 aromatic carbocycles. The summed E-state index contributed by atoms with van der Waals surface area (Å²) in [5.41, 5.74) is 3.43. The van der Waals surface area contributed by atoms with E-state index in [0.717, 1.165) is 35.6 Å². The molecule has 0 aliphatic heterocycles. The summed E-state index contributed by atoms with van der Waals surface area (Å²) in [6.45, 7) is 2.14. The second-order valence-corrected chi connectivity index (χ2v) is 9.45. The lowest BCUT2D eigenvalue weighted by atomic mass is 10.1. The molecule has 0 amide bonds. The van der Waals surface area contributed by atoms with Gasteiger partial charge in [0.25, 0.3) is 0 Å². The number of halogens is 1. The van der Waals surface area contributed by atoms with Crippen LogP contribution in [0.2, 0.25) is 0 Å². The van der Waals surface area contributed by atoms with Crippen LogP contribution in [-0.2, 0) is 17.5 Å². The van der Waals surface area contributed by atoms with Gasteiger partial charge in [0.15, 0.2) is 4.34 Å². The fraction of sp³-hybridized carbons (Fsp3) is 0.238. The van der Waals surface area contributed by atoms with Crippen LogP contribution in [0.25, 0.3) is 21.1 Å². The monoisotopic (exact) mass is 490 g/mol. The first-order chi connectivity index (χ1) is 14.0. The highest BCUT2D eigenvalue weighted by Gasteiger charge is 2.24. The molecule has 29 heavy (non-hydrogen) atoms. The average Bonchev–Trinajstić information content (AvgIpc) is 3.24. The van der Waals surface area contributed by atoms with Crippen molar-refractivity contribution >= 4 is 66.1 Å². The van der Waals surface area contributed by atoms with Gasteiger partial charge in [-0.25, -0.2) is 9.78 Å². The van der Waals surface area contributed by atoms with Gasteiger partial charge in [-0.3, -0.25) is 0 Å². The second kappa shape index (κ2) is 8.38. The van der Waals surface area contributed by atoms with Crippen molar-refractivity contribution in [1.29, 1.82) is 0 Å². The first kappa shape index (κ1) is 20.3. The Hall–Kier alpha value is -2.03. The summed E-state index contributed by atoms with van der Waals surface area (Å²) in [6, 6.07) is 12.0. The minimum absolute atomic E-state index is 0.317. The van der Waals surface area contributed by atoms with Crippen molar-refractivity contribution in [2.75, 3.05) is 13.7 Å². The van der Waals surface area contributed by atoms with Crippen LogP contribution in [0.5, 0.6) is 5.75 Å². The van der Waals surface area contributed by atoms with E-state index in [1.807, 2.05) is 48.9 Å². The maximum atomic E-state index is 12.8. The summed E-state index contributed by atoms with van der Waals surface area (Å²) < 4.78 is 15.8. The summed E-state index contributed by atoms with van der Waals surface area (Å²) in [6.07, 6.45) is 0. The van der Waals surface area contributed by atoms with Crippen molar-refractivity contribution in [1.82, 2.24) is 9.55 Å². The number of aromatic nitrogens is 2. The molecular weight excluding hydrogens is 472 g/mol. The standard InChI is InChI=1S/C21H19BrN2O3S2/c1-4-27-20(25)19-12-9-17(26-3)13(22)10-15(12)24(2)16(19)11-28-21-23-14-7-5-6-8-18(14)29-21/h5-10H,4,11H2,1-3H3. The zero-order valence-corrected chi connectivity index (χ0v) is 19.4. The Bertz CT molecular complexity index is 1180. The highest BCUT2D eigenvalue weighted by molar-refractivity contribution is 9.10. The normalized spacial score (nSPS) is 11.3. The van der Waals surface area contributed by atoms with E-state index in [1.54, 1.807) is 30.2 Å². The number of benzene rings is 2. The van der Waals surface area contributed by atoms with Crippen LogP contribution in [0.1, 0.15) is 23.0 Å². The maximum absolute atomic E-state index is 12.8. The molecule has 150 valence electrons. The molecule has 8 heteroatoms. The Morgan fingerprint density at radius 2 is 2.10 bits per heavy atom. The second-order valence-electron chi connectivity index (χ2n) is 6.34. The molecule has 2 aromatic heterocycles. The van der Waals surface area contributed by atoms with Gasteiger partial charge in [0, 0.05) is 23.9 Å². The maximum Gasteiger partial charge on any atom is 0.340 e. The number of methoxy groups -OCH3 is 1. The number of carbonyl (C=O) groups is 1. The van der Waals surface area contributed by atoms with E-state index in [0.29, 0.717) is 23.7 Å². The van der Waals surface area contributed by atoms with Crippen LogP contribution in [-0.4, -0.2) is 29.2 Å². The minimum Gasteiger partial charge on any atom is -0.496 e. The molecule has 0 aliphatic carbocycles. The lowest BCUT2D eigenvalue weighted by Crippen LogP contribution is -2.08. The average molecular weight is 491 g/mol. The van der Waals surface area contributed by atoms with E-state index in [2.05, 4.69) is 22.0 Å². The third-order valence-corrected chi connectivity index (χ3v) is 7.49. The molecule has 0 saturated carbocycles. The predicted octanol–water partition coefficient (Wildman–Crippen LogP) is 6.03. The molecule has 4 aromatic rings. The van der Waals surface area contributed by atoms with Crippen molar-refractivity contribution in [3.63, 3.8) is 0 Å². The molecule has 2 heterocycles. The number of rotatable bonds is 6. The van der Waals surface area contributed by atoms with Gasteiger partial charge in [0.2, 0.25) is 0 Å². The zero-order valence-electron chi connectivity index (χ0n) is 16.2. The number of fused-ring (bicyclic) bond motifs is 2. The Morgan fingerprint density at radius 1 is 1.31 bits per heavy atom. The molecule has 5 nitrogen and oxygen atoms in total. The molecule has 0 aliphatic rings. The number of thioether (sulfide) groups is 1. The van der Waals surface area contributed by atoms with Crippen molar-refractivity contribution in [3.8, 4) is 5.75 Å². The third-order valence-electron chi connectivity index (χ3n) is 4.68. The fourth-order valence-electron chi connectivity index (χ4n) is 3.29. The fourth-order valence-corrected chi connectivity index (χ4v) is 5.92. The van der Waals surface area contributed by atoms with Crippen molar-refractivity contribution in [2.45, 2.75) is 17.0 Å². The molecular formula is C21H19BrN2O3S2.